The number of halogens is 1. The van der Waals surface area contributed by atoms with E-state index in [9.17, 15) is 13.2 Å². The van der Waals surface area contributed by atoms with E-state index >= 15 is 0 Å². The second kappa shape index (κ2) is 7.74. The van der Waals surface area contributed by atoms with Crippen LogP contribution in [-0.2, 0) is 14.6 Å². The van der Waals surface area contributed by atoms with Gasteiger partial charge < -0.3 is 15.8 Å². The predicted octanol–water partition coefficient (Wildman–Crippen LogP) is 3.61. The van der Waals surface area contributed by atoms with Crippen LogP contribution in [0.4, 0.5) is 4.79 Å². The summed E-state index contributed by atoms with van der Waals surface area (Å²) in [6, 6.07) is 15.6. The number of nitrogens with one attached hydrogen (secondary N) is 1. The summed E-state index contributed by atoms with van der Waals surface area (Å²) in [6.07, 6.45) is -0.684. The molecule has 8 heteroatoms. The van der Waals surface area contributed by atoms with Gasteiger partial charge in [0.1, 0.15) is 10.9 Å². The average molecular weight is 481 g/mol. The van der Waals surface area contributed by atoms with Gasteiger partial charge in [0.05, 0.1) is 10.4 Å². The third-order valence-electron chi connectivity index (χ3n) is 4.96. The van der Waals surface area contributed by atoms with Crippen LogP contribution in [0.25, 0.3) is 0 Å². The molecule has 1 amide bonds. The van der Waals surface area contributed by atoms with Crippen molar-refractivity contribution in [1.82, 2.24) is 5.32 Å². The number of hydrogen-bond donors (Lipinski definition) is 2. The molecule has 3 N–H and O–H groups in total. The molecule has 2 aromatic carbocycles. The normalized spacial score (nSPS) is 24.0. The maximum atomic E-state index is 13.4. The van der Waals surface area contributed by atoms with Gasteiger partial charge in [-0.1, -0.05) is 46.3 Å². The molecule has 0 aliphatic heterocycles. The molecule has 3 unspecified atom stereocenters. The second-order valence-electron chi connectivity index (χ2n) is 8.18. The smallest absolute Gasteiger partial charge is 0.408 e. The van der Waals surface area contributed by atoms with Crippen molar-refractivity contribution in [2.45, 2.75) is 48.0 Å². The zero-order chi connectivity index (χ0) is 21.4. The first-order chi connectivity index (χ1) is 13.5. The topological polar surface area (TPSA) is 98.5 Å². The van der Waals surface area contributed by atoms with Crippen molar-refractivity contribution in [3.05, 3.63) is 64.6 Å². The van der Waals surface area contributed by atoms with Crippen molar-refractivity contribution in [1.29, 1.82) is 0 Å². The third kappa shape index (κ3) is 4.34. The van der Waals surface area contributed by atoms with Crippen molar-refractivity contribution in [2.75, 3.05) is 6.54 Å². The van der Waals surface area contributed by atoms with E-state index < -0.39 is 38.2 Å². The van der Waals surface area contributed by atoms with Gasteiger partial charge in [0.2, 0.25) is 0 Å². The highest BCUT2D eigenvalue weighted by atomic mass is 79.9. The Kier molecular flexibility index (Phi) is 5.82. The molecule has 3 rings (SSSR count). The Morgan fingerprint density at radius 2 is 1.72 bits per heavy atom. The van der Waals surface area contributed by atoms with Gasteiger partial charge in [-0.2, -0.15) is 0 Å². The lowest BCUT2D eigenvalue weighted by molar-refractivity contribution is 0.0497. The Bertz CT molecular complexity index is 988. The number of carbonyl (C=O) groups excluding carboxylic acids is 1. The van der Waals surface area contributed by atoms with Crippen LogP contribution in [0, 0.1) is 0 Å². The van der Waals surface area contributed by atoms with Gasteiger partial charge in [-0.3, -0.25) is 0 Å². The Labute approximate surface area is 179 Å². The zero-order valence-electron chi connectivity index (χ0n) is 16.6. The highest BCUT2D eigenvalue weighted by Gasteiger charge is 2.71. The van der Waals surface area contributed by atoms with Crippen LogP contribution < -0.4 is 11.1 Å². The molecule has 3 atom stereocenters. The zero-order valence-corrected chi connectivity index (χ0v) is 19.0. The minimum atomic E-state index is -3.74. The minimum Gasteiger partial charge on any atom is -0.444 e. The van der Waals surface area contributed by atoms with Crippen LogP contribution in [0.2, 0.25) is 0 Å². The molecule has 1 aliphatic rings. The van der Waals surface area contributed by atoms with E-state index in [0.29, 0.717) is 0 Å². The molecule has 0 saturated heterocycles. The molecule has 1 aliphatic carbocycles. The van der Waals surface area contributed by atoms with Crippen molar-refractivity contribution in [3.8, 4) is 0 Å². The van der Waals surface area contributed by atoms with Gasteiger partial charge in [0, 0.05) is 16.9 Å². The lowest BCUT2D eigenvalue weighted by atomic mass is 10.1. The van der Waals surface area contributed by atoms with Gasteiger partial charge in [0.25, 0.3) is 0 Å². The van der Waals surface area contributed by atoms with Crippen LogP contribution in [-0.4, -0.2) is 37.4 Å². The number of sulfone groups is 1. The molecular weight excluding hydrogens is 456 g/mol. The fourth-order valence-electron chi connectivity index (χ4n) is 3.70. The van der Waals surface area contributed by atoms with E-state index in [-0.39, 0.29) is 11.4 Å². The third-order valence-corrected chi connectivity index (χ3v) is 7.78. The van der Waals surface area contributed by atoms with E-state index in [4.69, 9.17) is 10.5 Å². The number of ether oxygens (including phenoxy) is 1. The fraction of sp³-hybridized carbons (Fsp3) is 0.381. The number of carbonyl (C=O) groups is 1. The van der Waals surface area contributed by atoms with Crippen LogP contribution in [0.3, 0.4) is 0 Å². The molecule has 0 heterocycles. The van der Waals surface area contributed by atoms with E-state index in [1.807, 2.05) is 24.3 Å². The molecular formula is C21H25BrN2O4S. The quantitative estimate of drug-likeness (QED) is 0.680. The molecule has 156 valence electrons. The minimum absolute atomic E-state index is 0.0380. The number of alkyl carbamates (subject to hydrolysis) is 1. The van der Waals surface area contributed by atoms with E-state index in [1.54, 1.807) is 51.1 Å². The monoisotopic (exact) mass is 480 g/mol. The lowest BCUT2D eigenvalue weighted by Gasteiger charge is -2.24. The number of rotatable bonds is 5. The summed E-state index contributed by atoms with van der Waals surface area (Å²) in [4.78, 5) is 12.7. The Hall–Kier alpha value is -1.90. The summed E-state index contributed by atoms with van der Waals surface area (Å²) in [5, 5.41) is 1.89. The van der Waals surface area contributed by atoms with Crippen LogP contribution in [0.5, 0.6) is 0 Å². The SMILES string of the molecule is CC(C)(C)OC(=O)NC1(CN)C(c2ccc(Br)cc2)C1S(=O)(=O)c1ccccc1. The Morgan fingerprint density at radius 1 is 1.14 bits per heavy atom. The average Bonchev–Trinajstić information content (AvgIpc) is 3.31. The first kappa shape index (κ1) is 21.8. The van der Waals surface area contributed by atoms with Crippen molar-refractivity contribution < 1.29 is 17.9 Å². The fourth-order valence-corrected chi connectivity index (χ4v) is 6.33. The van der Waals surface area contributed by atoms with E-state index in [0.717, 1.165) is 10.0 Å². The highest BCUT2D eigenvalue weighted by Crippen LogP contribution is 2.57. The van der Waals surface area contributed by atoms with Gasteiger partial charge in [-0.05, 0) is 50.6 Å². The maximum absolute atomic E-state index is 13.4. The van der Waals surface area contributed by atoms with Crippen LogP contribution in [0.15, 0.2) is 64.0 Å². The first-order valence-electron chi connectivity index (χ1n) is 9.27. The predicted molar refractivity (Wildman–Crippen MR) is 115 cm³/mol. The molecule has 0 aromatic heterocycles. The second-order valence-corrected chi connectivity index (χ2v) is 11.2. The Morgan fingerprint density at radius 3 is 2.24 bits per heavy atom. The lowest BCUT2D eigenvalue weighted by Crippen LogP contribution is -2.49. The number of nitrogens with two attached hydrogens (primary N) is 1. The molecule has 1 fully saturated rings. The maximum Gasteiger partial charge on any atom is 0.408 e. The van der Waals surface area contributed by atoms with Crippen molar-refractivity contribution in [3.63, 3.8) is 0 Å². The number of hydrogen-bond acceptors (Lipinski definition) is 5. The molecule has 1 saturated carbocycles. The molecule has 29 heavy (non-hydrogen) atoms. The van der Waals surface area contributed by atoms with E-state index in [2.05, 4.69) is 21.2 Å². The summed E-state index contributed by atoms with van der Waals surface area (Å²) >= 11 is 3.39. The summed E-state index contributed by atoms with van der Waals surface area (Å²) in [7, 11) is -3.74. The van der Waals surface area contributed by atoms with Crippen molar-refractivity contribution in [2.24, 2.45) is 5.73 Å². The summed E-state index contributed by atoms with van der Waals surface area (Å²) in [5.74, 6) is -0.488. The van der Waals surface area contributed by atoms with E-state index in [1.165, 1.54) is 0 Å². The standard InChI is InChI=1S/C21H25BrN2O4S/c1-20(2,3)28-19(25)24-21(13-23)17(14-9-11-15(22)12-10-14)18(21)29(26,27)16-7-5-4-6-8-16/h4-12,17-18H,13,23H2,1-3H3,(H,24,25). The van der Waals surface area contributed by atoms with Gasteiger partial charge in [-0.15, -0.1) is 0 Å². The van der Waals surface area contributed by atoms with Gasteiger partial charge in [0.15, 0.2) is 9.84 Å². The highest BCUT2D eigenvalue weighted by molar-refractivity contribution is 9.10. The first-order valence-corrected chi connectivity index (χ1v) is 11.6. The number of benzene rings is 2. The molecule has 0 bridgehead atoms. The van der Waals surface area contributed by atoms with Crippen molar-refractivity contribution >= 4 is 31.9 Å². The summed E-state index contributed by atoms with van der Waals surface area (Å²) < 4.78 is 33.1. The number of amides is 1. The van der Waals surface area contributed by atoms with Crippen LogP contribution >= 0.6 is 15.9 Å². The van der Waals surface area contributed by atoms with Gasteiger partial charge >= 0.3 is 6.09 Å². The molecule has 0 spiro atoms. The van der Waals surface area contributed by atoms with Gasteiger partial charge in [-0.25, -0.2) is 13.2 Å². The molecule has 0 radical (unpaired) electrons. The molecule has 2 aromatic rings. The molecule has 6 nitrogen and oxygen atoms in total. The largest absolute Gasteiger partial charge is 0.444 e. The summed E-state index contributed by atoms with van der Waals surface area (Å²) in [6.45, 7) is 5.21. The summed E-state index contributed by atoms with van der Waals surface area (Å²) in [5.41, 5.74) is 4.99. The van der Waals surface area contributed by atoms with Crippen LogP contribution in [0.1, 0.15) is 32.3 Å². The Balaban J connectivity index is 2.03.